The van der Waals surface area contributed by atoms with E-state index in [9.17, 15) is 9.59 Å². The van der Waals surface area contributed by atoms with Gasteiger partial charge in [-0.25, -0.2) is 0 Å². The van der Waals surface area contributed by atoms with Crippen LogP contribution in [0, 0.1) is 5.41 Å². The van der Waals surface area contributed by atoms with Crippen LogP contribution in [-0.4, -0.2) is 43.4 Å². The smallest absolute Gasteiger partial charge is 0.245 e. The predicted octanol–water partition coefficient (Wildman–Crippen LogP) is 2.65. The molecule has 0 bridgehead atoms. The summed E-state index contributed by atoms with van der Waals surface area (Å²) >= 11 is 0. The highest BCUT2D eigenvalue weighted by atomic mass is 16.2. The van der Waals surface area contributed by atoms with Crippen LogP contribution in [-0.2, 0) is 16.1 Å². The van der Waals surface area contributed by atoms with Crippen molar-refractivity contribution in [3.05, 3.63) is 29.8 Å². The molecule has 0 saturated heterocycles. The van der Waals surface area contributed by atoms with E-state index in [4.69, 9.17) is 0 Å². The molecule has 1 aromatic rings. The summed E-state index contributed by atoms with van der Waals surface area (Å²) in [6.07, 6.45) is 0. The maximum Gasteiger partial charge on any atom is 0.245 e. The summed E-state index contributed by atoms with van der Waals surface area (Å²) in [5.74, 6) is -0.179. The molecule has 24 heavy (non-hydrogen) atoms. The predicted molar refractivity (Wildman–Crippen MR) is 98.9 cm³/mol. The van der Waals surface area contributed by atoms with Gasteiger partial charge >= 0.3 is 0 Å². The maximum atomic E-state index is 12.6. The highest BCUT2D eigenvalue weighted by Crippen LogP contribution is 2.15. The van der Waals surface area contributed by atoms with E-state index in [1.165, 1.54) is 0 Å². The third-order valence-electron chi connectivity index (χ3n) is 3.92. The Morgan fingerprint density at radius 2 is 1.67 bits per heavy atom. The molecule has 134 valence electrons. The summed E-state index contributed by atoms with van der Waals surface area (Å²) in [6.45, 7) is 10.3. The molecular weight excluding hydrogens is 302 g/mol. The molecule has 1 unspecified atom stereocenters. The summed E-state index contributed by atoms with van der Waals surface area (Å²) in [7, 11) is 3.99. The number of likely N-dealkylation sites (N-methyl/N-ethyl adjacent to an activating group) is 1. The second-order valence-electron chi connectivity index (χ2n) is 7.36. The number of nitrogens with zero attached hydrogens (tertiary/aromatic N) is 2. The lowest BCUT2D eigenvalue weighted by atomic mass is 9.95. The van der Waals surface area contributed by atoms with E-state index in [2.05, 4.69) is 5.32 Å². The van der Waals surface area contributed by atoms with Crippen LogP contribution in [0.5, 0.6) is 0 Å². The minimum atomic E-state index is -0.530. The van der Waals surface area contributed by atoms with Gasteiger partial charge in [-0.05, 0) is 31.5 Å². The maximum absolute atomic E-state index is 12.6. The van der Waals surface area contributed by atoms with Crippen molar-refractivity contribution in [1.82, 2.24) is 10.2 Å². The Kier molecular flexibility index (Phi) is 6.81. The quantitative estimate of drug-likeness (QED) is 0.871. The van der Waals surface area contributed by atoms with Gasteiger partial charge in [0.1, 0.15) is 6.04 Å². The van der Waals surface area contributed by atoms with Gasteiger partial charge in [0.15, 0.2) is 0 Å². The third kappa shape index (κ3) is 5.55. The van der Waals surface area contributed by atoms with Gasteiger partial charge in [0, 0.05) is 38.3 Å². The molecule has 0 radical (unpaired) electrons. The average Bonchev–Trinajstić information content (AvgIpc) is 2.51. The molecule has 0 spiro atoms. The first-order chi connectivity index (χ1) is 11.1. The molecule has 1 aromatic carbocycles. The van der Waals surface area contributed by atoms with Gasteiger partial charge in [0.05, 0.1) is 0 Å². The lowest BCUT2D eigenvalue weighted by molar-refractivity contribution is -0.138. The van der Waals surface area contributed by atoms with E-state index in [1.54, 1.807) is 11.8 Å². The van der Waals surface area contributed by atoms with Crippen molar-refractivity contribution in [1.29, 1.82) is 0 Å². The fraction of sp³-hybridized carbons (Fsp3) is 0.579. The number of hydrogen-bond donors (Lipinski definition) is 1. The summed E-state index contributed by atoms with van der Waals surface area (Å²) in [5, 5.41) is 2.81. The van der Waals surface area contributed by atoms with E-state index >= 15 is 0 Å². The molecule has 0 aliphatic heterocycles. The van der Waals surface area contributed by atoms with Crippen molar-refractivity contribution in [3.8, 4) is 0 Å². The molecule has 1 N–H and O–H groups in total. The Morgan fingerprint density at radius 1 is 1.12 bits per heavy atom. The first kappa shape index (κ1) is 20.0. The molecule has 0 heterocycles. The molecule has 1 rings (SSSR count). The number of rotatable bonds is 6. The molecule has 0 saturated carbocycles. The van der Waals surface area contributed by atoms with Crippen LogP contribution < -0.4 is 10.2 Å². The third-order valence-corrected chi connectivity index (χ3v) is 3.92. The highest BCUT2D eigenvalue weighted by Gasteiger charge is 2.27. The molecule has 5 heteroatoms. The van der Waals surface area contributed by atoms with Crippen molar-refractivity contribution in [2.75, 3.05) is 25.5 Å². The molecule has 5 nitrogen and oxygen atoms in total. The topological polar surface area (TPSA) is 52.6 Å². The monoisotopic (exact) mass is 333 g/mol. The lowest BCUT2D eigenvalue weighted by Gasteiger charge is -2.27. The number of benzene rings is 1. The van der Waals surface area contributed by atoms with Crippen LogP contribution in [0.1, 0.15) is 40.2 Å². The fourth-order valence-corrected chi connectivity index (χ4v) is 2.21. The summed E-state index contributed by atoms with van der Waals surface area (Å²) < 4.78 is 0. The van der Waals surface area contributed by atoms with Gasteiger partial charge in [0.2, 0.25) is 11.8 Å². The number of anilines is 1. The van der Waals surface area contributed by atoms with Crippen LogP contribution in [0.25, 0.3) is 0 Å². The minimum absolute atomic E-state index is 0.0632. The van der Waals surface area contributed by atoms with E-state index in [0.29, 0.717) is 13.1 Å². The molecule has 0 aliphatic rings. The van der Waals surface area contributed by atoms with Gasteiger partial charge in [-0.1, -0.05) is 32.9 Å². The zero-order chi connectivity index (χ0) is 18.5. The van der Waals surface area contributed by atoms with E-state index < -0.39 is 11.5 Å². The Bertz CT molecular complexity index is 559. The van der Waals surface area contributed by atoms with Crippen LogP contribution in [0.15, 0.2) is 24.3 Å². The first-order valence-electron chi connectivity index (χ1n) is 8.42. The Labute approximate surface area is 146 Å². The van der Waals surface area contributed by atoms with Crippen molar-refractivity contribution in [3.63, 3.8) is 0 Å². The zero-order valence-electron chi connectivity index (χ0n) is 16.0. The van der Waals surface area contributed by atoms with Gasteiger partial charge < -0.3 is 15.1 Å². The molecule has 0 fully saturated rings. The van der Waals surface area contributed by atoms with Crippen molar-refractivity contribution >= 4 is 17.5 Å². The number of carbonyl (C=O) groups is 2. The Balaban J connectivity index is 2.74. The summed E-state index contributed by atoms with van der Waals surface area (Å²) in [4.78, 5) is 28.5. The normalized spacial score (nSPS) is 12.5. The van der Waals surface area contributed by atoms with E-state index in [1.807, 2.05) is 71.0 Å². The van der Waals surface area contributed by atoms with Crippen LogP contribution in [0.3, 0.4) is 0 Å². The number of carbonyl (C=O) groups excluding carboxylic acids is 2. The lowest BCUT2D eigenvalue weighted by Crippen LogP contribution is -2.49. The molecule has 1 atom stereocenters. The second kappa shape index (κ2) is 8.18. The molecule has 0 aromatic heterocycles. The van der Waals surface area contributed by atoms with Crippen LogP contribution in [0.2, 0.25) is 0 Å². The van der Waals surface area contributed by atoms with E-state index in [0.717, 1.165) is 11.3 Å². The molecular formula is C19H31N3O2. The SMILES string of the molecule is CCN(Cc1ccc(N(C)C)cc1)C(=O)C(C)NC(=O)C(C)(C)C. The average molecular weight is 333 g/mol. The van der Waals surface area contributed by atoms with Crippen molar-refractivity contribution in [2.24, 2.45) is 5.41 Å². The summed E-state index contributed by atoms with van der Waals surface area (Å²) in [5.41, 5.74) is 1.69. The number of hydrogen-bond acceptors (Lipinski definition) is 3. The molecule has 0 aliphatic carbocycles. The first-order valence-corrected chi connectivity index (χ1v) is 8.42. The minimum Gasteiger partial charge on any atom is -0.378 e. The van der Waals surface area contributed by atoms with Crippen LogP contribution in [0.4, 0.5) is 5.69 Å². The van der Waals surface area contributed by atoms with Gasteiger partial charge in [0.25, 0.3) is 0 Å². The highest BCUT2D eigenvalue weighted by molar-refractivity contribution is 5.89. The van der Waals surface area contributed by atoms with E-state index in [-0.39, 0.29) is 11.8 Å². The van der Waals surface area contributed by atoms with Gasteiger partial charge in [-0.15, -0.1) is 0 Å². The van der Waals surface area contributed by atoms with Gasteiger partial charge in [-0.2, -0.15) is 0 Å². The zero-order valence-corrected chi connectivity index (χ0v) is 16.0. The fourth-order valence-electron chi connectivity index (χ4n) is 2.21. The van der Waals surface area contributed by atoms with Crippen molar-refractivity contribution in [2.45, 2.75) is 47.2 Å². The Morgan fingerprint density at radius 3 is 2.08 bits per heavy atom. The van der Waals surface area contributed by atoms with Crippen LogP contribution >= 0.6 is 0 Å². The standard InChI is InChI=1S/C19H31N3O2/c1-8-22(13-15-9-11-16(12-10-15)21(6)7)17(23)14(2)20-18(24)19(3,4)5/h9-12,14H,8,13H2,1-7H3,(H,20,24). The summed E-state index contributed by atoms with van der Waals surface area (Å²) in [6, 6.07) is 7.61. The second-order valence-corrected chi connectivity index (χ2v) is 7.36. The van der Waals surface area contributed by atoms with Crippen molar-refractivity contribution < 1.29 is 9.59 Å². The molecule has 2 amide bonds. The Hall–Kier alpha value is -2.04. The largest absolute Gasteiger partial charge is 0.378 e. The van der Waals surface area contributed by atoms with Gasteiger partial charge in [-0.3, -0.25) is 9.59 Å². The number of amides is 2. The number of nitrogens with one attached hydrogen (secondary N) is 1.